The predicted octanol–water partition coefficient (Wildman–Crippen LogP) is 0.280. The lowest BCUT2D eigenvalue weighted by Gasteiger charge is -2.32. The number of hydrogen-bond acceptors (Lipinski definition) is 4. The van der Waals surface area contributed by atoms with E-state index in [-0.39, 0.29) is 12.0 Å². The summed E-state index contributed by atoms with van der Waals surface area (Å²) in [5.41, 5.74) is 5.18. The third-order valence-corrected chi connectivity index (χ3v) is 4.59. The molecule has 1 unspecified atom stereocenters. The van der Waals surface area contributed by atoms with E-state index in [1.807, 2.05) is 0 Å². The van der Waals surface area contributed by atoms with Crippen LogP contribution in [0.5, 0.6) is 0 Å². The van der Waals surface area contributed by atoms with Crippen LogP contribution in [0, 0.1) is 5.41 Å². The van der Waals surface area contributed by atoms with Gasteiger partial charge in [-0.15, -0.1) is 0 Å². The minimum Gasteiger partial charge on any atom is -0.392 e. The van der Waals surface area contributed by atoms with Crippen molar-refractivity contribution in [3.8, 4) is 0 Å². The highest BCUT2D eigenvalue weighted by molar-refractivity contribution is 7.80. The van der Waals surface area contributed by atoms with Crippen LogP contribution in [0.1, 0.15) is 25.7 Å². The van der Waals surface area contributed by atoms with Crippen LogP contribution in [0.25, 0.3) is 0 Å². The summed E-state index contributed by atoms with van der Waals surface area (Å²) in [5, 5.41) is 2.98. The molecule has 1 heterocycles. The number of amides is 1. The standard InChI is InChI=1S/C13H23N3O2S/c1-16-6-7-18-10(9-16)8-15-12(17)13(11(14)19)4-2-3-5-13/h10H,2-9H2,1H3,(H2,14,19)(H,15,17). The maximum atomic E-state index is 12.4. The Bertz CT molecular complexity index is 356. The quantitative estimate of drug-likeness (QED) is 0.726. The third-order valence-electron chi connectivity index (χ3n) is 4.20. The van der Waals surface area contributed by atoms with Gasteiger partial charge < -0.3 is 20.7 Å². The van der Waals surface area contributed by atoms with E-state index in [0.717, 1.165) is 45.4 Å². The van der Waals surface area contributed by atoms with Gasteiger partial charge in [0.2, 0.25) is 5.91 Å². The molecule has 1 saturated carbocycles. The molecule has 0 spiro atoms. The highest BCUT2D eigenvalue weighted by atomic mass is 32.1. The number of nitrogens with two attached hydrogens (primary N) is 1. The SMILES string of the molecule is CN1CCOC(CNC(=O)C2(C(N)=S)CCCC2)C1. The van der Waals surface area contributed by atoms with Crippen LogP contribution in [0.2, 0.25) is 0 Å². The molecule has 0 aromatic carbocycles. The Kier molecular flexibility index (Phi) is 4.76. The number of carbonyl (C=O) groups excluding carboxylic acids is 1. The van der Waals surface area contributed by atoms with E-state index in [2.05, 4.69) is 17.3 Å². The first-order chi connectivity index (χ1) is 9.04. The van der Waals surface area contributed by atoms with Gasteiger partial charge in [-0.05, 0) is 19.9 Å². The Labute approximate surface area is 119 Å². The van der Waals surface area contributed by atoms with Crippen molar-refractivity contribution in [2.45, 2.75) is 31.8 Å². The summed E-state index contributed by atoms with van der Waals surface area (Å²) in [7, 11) is 2.06. The van der Waals surface area contributed by atoms with Crippen LogP contribution in [-0.2, 0) is 9.53 Å². The minimum atomic E-state index is -0.615. The maximum absolute atomic E-state index is 12.4. The molecule has 5 nitrogen and oxygen atoms in total. The van der Waals surface area contributed by atoms with Gasteiger partial charge in [-0.1, -0.05) is 25.1 Å². The van der Waals surface area contributed by atoms with Gasteiger partial charge in [0, 0.05) is 19.6 Å². The van der Waals surface area contributed by atoms with Gasteiger partial charge in [0.1, 0.15) is 0 Å². The Balaban J connectivity index is 1.88. The molecule has 1 amide bonds. The first-order valence-corrected chi connectivity index (χ1v) is 7.34. The van der Waals surface area contributed by atoms with E-state index in [9.17, 15) is 4.79 Å². The molecular formula is C13H23N3O2S. The Morgan fingerprint density at radius 2 is 2.21 bits per heavy atom. The summed E-state index contributed by atoms with van der Waals surface area (Å²) in [4.78, 5) is 14.9. The average Bonchev–Trinajstić information content (AvgIpc) is 2.86. The fraction of sp³-hybridized carbons (Fsp3) is 0.846. The van der Waals surface area contributed by atoms with Crippen molar-refractivity contribution in [2.24, 2.45) is 11.1 Å². The van der Waals surface area contributed by atoms with Crippen LogP contribution in [0.15, 0.2) is 0 Å². The second-order valence-corrected chi connectivity index (χ2v) is 6.06. The number of carbonyl (C=O) groups is 1. The van der Waals surface area contributed by atoms with E-state index < -0.39 is 5.41 Å². The summed E-state index contributed by atoms with van der Waals surface area (Å²) < 4.78 is 5.63. The maximum Gasteiger partial charge on any atom is 0.233 e. The van der Waals surface area contributed by atoms with Gasteiger partial charge in [0.15, 0.2) is 0 Å². The number of morpholine rings is 1. The summed E-state index contributed by atoms with van der Waals surface area (Å²) >= 11 is 5.11. The molecule has 2 aliphatic rings. The molecule has 108 valence electrons. The first-order valence-electron chi connectivity index (χ1n) is 6.93. The zero-order valence-corrected chi connectivity index (χ0v) is 12.3. The van der Waals surface area contributed by atoms with Crippen LogP contribution >= 0.6 is 12.2 Å². The van der Waals surface area contributed by atoms with Crippen molar-refractivity contribution in [2.75, 3.05) is 33.3 Å². The minimum absolute atomic E-state index is 0.0191. The summed E-state index contributed by atoms with van der Waals surface area (Å²) in [6.07, 6.45) is 3.66. The number of hydrogen-bond donors (Lipinski definition) is 2. The van der Waals surface area contributed by atoms with Gasteiger partial charge in [-0.25, -0.2) is 0 Å². The molecule has 6 heteroatoms. The van der Waals surface area contributed by atoms with Crippen LogP contribution < -0.4 is 11.1 Å². The smallest absolute Gasteiger partial charge is 0.233 e. The van der Waals surface area contributed by atoms with Crippen molar-refractivity contribution < 1.29 is 9.53 Å². The molecule has 3 N–H and O–H groups in total. The lowest BCUT2D eigenvalue weighted by atomic mass is 9.85. The zero-order valence-electron chi connectivity index (χ0n) is 11.5. The van der Waals surface area contributed by atoms with Crippen molar-refractivity contribution in [3.63, 3.8) is 0 Å². The number of ether oxygens (including phenoxy) is 1. The molecule has 0 aromatic heterocycles. The van der Waals surface area contributed by atoms with Crippen molar-refractivity contribution in [3.05, 3.63) is 0 Å². The molecular weight excluding hydrogens is 262 g/mol. The fourth-order valence-corrected chi connectivity index (χ4v) is 3.23. The monoisotopic (exact) mass is 285 g/mol. The lowest BCUT2D eigenvalue weighted by molar-refractivity contribution is -0.128. The molecule has 1 saturated heterocycles. The number of rotatable bonds is 4. The van der Waals surface area contributed by atoms with E-state index >= 15 is 0 Å². The van der Waals surface area contributed by atoms with E-state index in [1.165, 1.54) is 0 Å². The van der Waals surface area contributed by atoms with E-state index in [1.54, 1.807) is 0 Å². The van der Waals surface area contributed by atoms with E-state index in [0.29, 0.717) is 11.5 Å². The summed E-state index contributed by atoms with van der Waals surface area (Å²) in [6, 6.07) is 0. The van der Waals surface area contributed by atoms with E-state index in [4.69, 9.17) is 22.7 Å². The second kappa shape index (κ2) is 6.15. The Morgan fingerprint density at radius 3 is 2.79 bits per heavy atom. The number of nitrogens with one attached hydrogen (secondary N) is 1. The topological polar surface area (TPSA) is 67.6 Å². The molecule has 0 bridgehead atoms. The Morgan fingerprint density at radius 1 is 1.53 bits per heavy atom. The van der Waals surface area contributed by atoms with Gasteiger partial charge in [-0.2, -0.15) is 0 Å². The predicted molar refractivity (Wildman–Crippen MR) is 77.9 cm³/mol. The summed E-state index contributed by atoms with van der Waals surface area (Å²) in [6.45, 7) is 3.05. The molecule has 2 rings (SSSR count). The third kappa shape index (κ3) is 3.24. The molecule has 2 fully saturated rings. The summed E-state index contributed by atoms with van der Waals surface area (Å²) in [5.74, 6) is -0.0191. The van der Waals surface area contributed by atoms with Crippen molar-refractivity contribution in [1.82, 2.24) is 10.2 Å². The van der Waals surface area contributed by atoms with Gasteiger partial charge in [0.25, 0.3) is 0 Å². The molecule has 0 radical (unpaired) electrons. The zero-order chi connectivity index (χ0) is 13.9. The number of nitrogens with zero attached hydrogens (tertiary/aromatic N) is 1. The van der Waals surface area contributed by atoms with Gasteiger partial charge in [-0.3, -0.25) is 4.79 Å². The first kappa shape index (κ1) is 14.7. The van der Waals surface area contributed by atoms with Crippen LogP contribution in [0.4, 0.5) is 0 Å². The molecule has 1 atom stereocenters. The largest absolute Gasteiger partial charge is 0.392 e. The van der Waals surface area contributed by atoms with Crippen molar-refractivity contribution >= 4 is 23.1 Å². The fourth-order valence-electron chi connectivity index (χ4n) is 2.93. The normalized spacial score (nSPS) is 27.1. The molecule has 0 aromatic rings. The van der Waals surface area contributed by atoms with Crippen LogP contribution in [-0.4, -0.2) is 55.2 Å². The van der Waals surface area contributed by atoms with Gasteiger partial charge in [0.05, 0.1) is 23.1 Å². The highest BCUT2D eigenvalue weighted by Gasteiger charge is 2.43. The average molecular weight is 285 g/mol. The molecule has 19 heavy (non-hydrogen) atoms. The number of likely N-dealkylation sites (N-methyl/N-ethyl adjacent to an activating group) is 1. The highest BCUT2D eigenvalue weighted by Crippen LogP contribution is 2.38. The van der Waals surface area contributed by atoms with Crippen molar-refractivity contribution in [1.29, 1.82) is 0 Å². The molecule has 1 aliphatic carbocycles. The van der Waals surface area contributed by atoms with Crippen LogP contribution in [0.3, 0.4) is 0 Å². The van der Waals surface area contributed by atoms with Gasteiger partial charge >= 0.3 is 0 Å². The molecule has 1 aliphatic heterocycles. The Hall–Kier alpha value is -0.720. The number of thiocarbonyl (C=S) groups is 1. The lowest BCUT2D eigenvalue weighted by Crippen LogP contribution is -2.51. The second-order valence-electron chi connectivity index (χ2n) is 5.62.